The van der Waals surface area contributed by atoms with Gasteiger partial charge in [0.15, 0.2) is 0 Å². The molecule has 5 heteroatoms. The summed E-state index contributed by atoms with van der Waals surface area (Å²) in [5, 5.41) is 9.47. The molecule has 3 aromatic carbocycles. The van der Waals surface area contributed by atoms with Gasteiger partial charge in [0.2, 0.25) is 0 Å². The summed E-state index contributed by atoms with van der Waals surface area (Å²) in [4.78, 5) is 24.9. The van der Waals surface area contributed by atoms with E-state index >= 15 is 0 Å². The third kappa shape index (κ3) is 4.14. The Balaban J connectivity index is 1.71. The number of hydrogen-bond donors (Lipinski definition) is 1. The lowest BCUT2D eigenvalue weighted by molar-refractivity contribution is 0.0697. The fraction of sp³-hybridized carbons (Fsp3) is 0.185. The van der Waals surface area contributed by atoms with Crippen molar-refractivity contribution in [1.29, 1.82) is 0 Å². The molecule has 4 aromatic rings. The van der Waals surface area contributed by atoms with E-state index in [1.165, 1.54) is 0 Å². The number of hydrogen-bond acceptors (Lipinski definition) is 2. The average Bonchev–Trinajstić information content (AvgIpc) is 3.11. The number of para-hydroxylation sites is 1. The highest BCUT2D eigenvalue weighted by Crippen LogP contribution is 2.26. The molecule has 0 aliphatic rings. The van der Waals surface area contributed by atoms with Gasteiger partial charge in [0.1, 0.15) is 0 Å². The van der Waals surface area contributed by atoms with E-state index in [0.717, 1.165) is 22.5 Å². The summed E-state index contributed by atoms with van der Waals surface area (Å²) < 4.78 is 3.51. The molecule has 0 amide bonds. The molecule has 0 aliphatic heterocycles. The van der Waals surface area contributed by atoms with E-state index < -0.39 is 5.97 Å². The Bertz CT molecular complexity index is 1310. The molecule has 0 saturated heterocycles. The van der Waals surface area contributed by atoms with Crippen LogP contribution in [0.2, 0.25) is 0 Å². The number of aromatic nitrogens is 2. The predicted molar refractivity (Wildman–Crippen MR) is 127 cm³/mol. The van der Waals surface area contributed by atoms with Crippen molar-refractivity contribution in [1.82, 2.24) is 9.13 Å². The van der Waals surface area contributed by atoms with Crippen molar-refractivity contribution in [3.8, 4) is 16.8 Å². The predicted octanol–water partition coefficient (Wildman–Crippen LogP) is 5.35. The molecule has 1 N–H and O–H groups in total. The molecule has 32 heavy (non-hydrogen) atoms. The number of aromatic carboxylic acids is 1. The van der Waals surface area contributed by atoms with Gasteiger partial charge in [-0.1, -0.05) is 81.4 Å². The minimum Gasteiger partial charge on any atom is -0.478 e. The number of nitrogens with zero attached hydrogens (tertiary/aromatic N) is 2. The Kier molecular flexibility index (Phi) is 5.57. The lowest BCUT2D eigenvalue weighted by atomic mass is 9.92. The zero-order chi connectivity index (χ0) is 22.9. The van der Waals surface area contributed by atoms with Crippen molar-refractivity contribution in [3.63, 3.8) is 0 Å². The van der Waals surface area contributed by atoms with Gasteiger partial charge in [0.05, 0.1) is 17.8 Å². The maximum absolute atomic E-state index is 13.3. The van der Waals surface area contributed by atoms with Gasteiger partial charge in [-0.3, -0.25) is 9.13 Å². The van der Waals surface area contributed by atoms with Crippen LogP contribution in [0.1, 0.15) is 42.4 Å². The van der Waals surface area contributed by atoms with Gasteiger partial charge < -0.3 is 5.11 Å². The highest BCUT2D eigenvalue weighted by Gasteiger charge is 2.23. The van der Waals surface area contributed by atoms with Gasteiger partial charge in [-0.2, -0.15) is 0 Å². The van der Waals surface area contributed by atoms with Crippen LogP contribution >= 0.6 is 0 Å². The smallest absolute Gasteiger partial charge is 0.336 e. The van der Waals surface area contributed by atoms with Gasteiger partial charge in [0, 0.05) is 17.3 Å². The Morgan fingerprint density at radius 1 is 0.875 bits per heavy atom. The van der Waals surface area contributed by atoms with Gasteiger partial charge in [-0.25, -0.2) is 9.59 Å². The Labute approximate surface area is 187 Å². The molecule has 1 heterocycles. The zero-order valence-electron chi connectivity index (χ0n) is 18.4. The summed E-state index contributed by atoms with van der Waals surface area (Å²) in [7, 11) is 0. The minimum atomic E-state index is -0.951. The second-order valence-corrected chi connectivity index (χ2v) is 8.89. The Morgan fingerprint density at radius 3 is 2.12 bits per heavy atom. The van der Waals surface area contributed by atoms with E-state index in [1.54, 1.807) is 22.8 Å². The lowest BCUT2D eigenvalue weighted by Gasteiger charge is -2.20. The van der Waals surface area contributed by atoms with Crippen molar-refractivity contribution in [3.05, 3.63) is 112 Å². The molecular formula is C27H26N2O3. The van der Waals surface area contributed by atoms with Crippen LogP contribution in [-0.2, 0) is 12.0 Å². The molecule has 4 rings (SSSR count). The zero-order valence-corrected chi connectivity index (χ0v) is 18.4. The number of benzene rings is 3. The highest BCUT2D eigenvalue weighted by molar-refractivity contribution is 5.95. The van der Waals surface area contributed by atoms with E-state index in [0.29, 0.717) is 12.1 Å². The first-order valence-electron chi connectivity index (χ1n) is 10.6. The minimum absolute atomic E-state index is 0.0820. The van der Waals surface area contributed by atoms with E-state index in [2.05, 4.69) is 20.8 Å². The maximum atomic E-state index is 13.3. The molecule has 0 bridgehead atoms. The maximum Gasteiger partial charge on any atom is 0.336 e. The third-order valence-electron chi connectivity index (χ3n) is 5.55. The van der Waals surface area contributed by atoms with E-state index in [-0.39, 0.29) is 16.7 Å². The Hall–Kier alpha value is -3.86. The van der Waals surface area contributed by atoms with Crippen molar-refractivity contribution in [2.75, 3.05) is 0 Å². The molecule has 1 aromatic heterocycles. The molecule has 162 valence electrons. The van der Waals surface area contributed by atoms with Crippen LogP contribution in [0.25, 0.3) is 16.8 Å². The summed E-state index contributed by atoms with van der Waals surface area (Å²) in [5.41, 5.74) is 4.24. The number of carbonyl (C=O) groups is 1. The SMILES string of the molecule is CC(C)(C)c1cn(-c2ccccc2)c(=O)n1Cc1ccc(-c2ccccc2C(=O)O)cc1. The normalized spacial score (nSPS) is 11.5. The van der Waals surface area contributed by atoms with E-state index in [1.807, 2.05) is 71.4 Å². The molecule has 0 atom stereocenters. The lowest BCUT2D eigenvalue weighted by Crippen LogP contribution is -2.27. The second kappa shape index (κ2) is 8.35. The fourth-order valence-corrected chi connectivity index (χ4v) is 3.90. The fourth-order valence-electron chi connectivity index (χ4n) is 3.90. The summed E-state index contributed by atoms with van der Waals surface area (Å²) in [6, 6.07) is 24.3. The van der Waals surface area contributed by atoms with Gasteiger partial charge in [-0.15, -0.1) is 0 Å². The quantitative estimate of drug-likeness (QED) is 0.468. The third-order valence-corrected chi connectivity index (χ3v) is 5.55. The summed E-state index contributed by atoms with van der Waals surface area (Å²) in [5.74, 6) is -0.951. The van der Waals surface area contributed by atoms with Crippen LogP contribution in [-0.4, -0.2) is 20.2 Å². The monoisotopic (exact) mass is 426 g/mol. The molecule has 0 fully saturated rings. The van der Waals surface area contributed by atoms with Crippen molar-refractivity contribution < 1.29 is 9.90 Å². The highest BCUT2D eigenvalue weighted by atomic mass is 16.4. The first-order valence-corrected chi connectivity index (χ1v) is 10.6. The van der Waals surface area contributed by atoms with Crippen LogP contribution in [0.15, 0.2) is 89.9 Å². The largest absolute Gasteiger partial charge is 0.478 e. The molecular weight excluding hydrogens is 400 g/mol. The molecule has 0 spiro atoms. The summed E-state index contributed by atoms with van der Waals surface area (Å²) in [6.07, 6.45) is 1.93. The molecule has 0 aliphatic carbocycles. The molecule has 0 unspecified atom stereocenters. The van der Waals surface area contributed by atoms with Crippen LogP contribution in [0, 0.1) is 0 Å². The second-order valence-electron chi connectivity index (χ2n) is 8.89. The number of carboxylic acids is 1. The van der Waals surface area contributed by atoms with Crippen LogP contribution in [0.4, 0.5) is 0 Å². The number of rotatable bonds is 5. The van der Waals surface area contributed by atoms with E-state index in [9.17, 15) is 14.7 Å². The van der Waals surface area contributed by atoms with Gasteiger partial charge in [-0.05, 0) is 34.9 Å². The van der Waals surface area contributed by atoms with Crippen molar-refractivity contribution >= 4 is 5.97 Å². The van der Waals surface area contributed by atoms with Crippen LogP contribution in [0.5, 0.6) is 0 Å². The Morgan fingerprint density at radius 2 is 1.50 bits per heavy atom. The summed E-state index contributed by atoms with van der Waals surface area (Å²) >= 11 is 0. The summed E-state index contributed by atoms with van der Waals surface area (Å²) in [6.45, 7) is 6.73. The van der Waals surface area contributed by atoms with Crippen molar-refractivity contribution in [2.45, 2.75) is 32.7 Å². The molecule has 0 radical (unpaired) electrons. The van der Waals surface area contributed by atoms with Crippen molar-refractivity contribution in [2.24, 2.45) is 0 Å². The average molecular weight is 427 g/mol. The molecule has 0 saturated carbocycles. The number of carboxylic acid groups (broad SMARTS) is 1. The van der Waals surface area contributed by atoms with Gasteiger partial charge >= 0.3 is 11.7 Å². The first kappa shape index (κ1) is 21.4. The first-order chi connectivity index (χ1) is 15.3. The van der Waals surface area contributed by atoms with Crippen LogP contribution in [0.3, 0.4) is 0 Å². The van der Waals surface area contributed by atoms with Crippen LogP contribution < -0.4 is 5.69 Å². The van der Waals surface area contributed by atoms with E-state index in [4.69, 9.17) is 0 Å². The van der Waals surface area contributed by atoms with Gasteiger partial charge in [0.25, 0.3) is 0 Å². The topological polar surface area (TPSA) is 64.2 Å². The molecule has 5 nitrogen and oxygen atoms in total. The number of imidazole rings is 1. The standard InChI is InChI=1S/C27H26N2O3/c1-27(2,3)24-18-28(21-9-5-4-6-10-21)26(32)29(24)17-19-13-15-20(16-14-19)22-11-7-8-12-23(22)25(30)31/h4-16,18H,17H2,1-3H3,(H,30,31).